The topological polar surface area (TPSA) is 77.1 Å². The summed E-state index contributed by atoms with van der Waals surface area (Å²) in [4.78, 5) is 27.6. The highest BCUT2D eigenvalue weighted by molar-refractivity contribution is 6.30. The van der Waals surface area contributed by atoms with Gasteiger partial charge in [0.2, 0.25) is 5.91 Å². The number of esters is 1. The Labute approximate surface area is 205 Å². The summed E-state index contributed by atoms with van der Waals surface area (Å²) < 4.78 is 16.2. The number of hydrogen-bond acceptors (Lipinski definition) is 6. The number of methoxy groups -OCH3 is 1. The summed E-state index contributed by atoms with van der Waals surface area (Å²) in [6.07, 6.45) is 2.96. The number of carbonyl (C=O) groups excluding carboxylic acids is 2. The molecule has 2 aliphatic rings. The van der Waals surface area contributed by atoms with Gasteiger partial charge in [-0.05, 0) is 68.6 Å². The van der Waals surface area contributed by atoms with Crippen LogP contribution in [0, 0.1) is 0 Å². The fraction of sp³-hybridized carbons (Fsp3) is 0.462. The molecule has 1 saturated heterocycles. The minimum absolute atomic E-state index is 0.00981. The Kier molecular flexibility index (Phi) is 7.45. The smallest absolute Gasteiger partial charge is 0.337 e. The summed E-state index contributed by atoms with van der Waals surface area (Å²) in [6, 6.07) is 14.6. The van der Waals surface area contributed by atoms with Crippen molar-refractivity contribution in [2.45, 2.75) is 36.8 Å². The maximum atomic E-state index is 13.7. The average molecular weight is 487 g/mol. The molecule has 7 nitrogen and oxygen atoms in total. The Morgan fingerprint density at radius 3 is 2.41 bits per heavy atom. The quantitative estimate of drug-likeness (QED) is 0.543. The highest BCUT2D eigenvalue weighted by Gasteiger charge is 2.51. The summed E-state index contributed by atoms with van der Waals surface area (Å²) in [5, 5.41) is 3.97. The molecule has 1 saturated carbocycles. The van der Waals surface area contributed by atoms with Gasteiger partial charge in [-0.2, -0.15) is 0 Å². The first kappa shape index (κ1) is 24.5. The van der Waals surface area contributed by atoms with Gasteiger partial charge in [0.15, 0.2) is 0 Å². The van der Waals surface area contributed by atoms with Crippen molar-refractivity contribution in [1.29, 1.82) is 0 Å². The molecule has 0 atom stereocenters. The molecular weight excluding hydrogens is 456 g/mol. The molecule has 0 unspecified atom stereocenters. The van der Waals surface area contributed by atoms with Crippen LogP contribution in [0.4, 0.5) is 0 Å². The SMILES string of the molecule is COC(=O)c1ccc(C2(NC(=O)C3(N(C)CCOc4cccc(Cl)c4)CCOCC3)CC2)cc1. The van der Waals surface area contributed by atoms with Crippen LogP contribution in [0.5, 0.6) is 5.75 Å². The van der Waals surface area contributed by atoms with Gasteiger partial charge in [0.25, 0.3) is 0 Å². The Hall–Kier alpha value is -2.61. The van der Waals surface area contributed by atoms with Crippen molar-refractivity contribution in [3.8, 4) is 5.75 Å². The lowest BCUT2D eigenvalue weighted by Gasteiger charge is -2.43. The van der Waals surface area contributed by atoms with E-state index in [1.54, 1.807) is 24.3 Å². The Bertz CT molecular complexity index is 1020. The first-order valence-electron chi connectivity index (χ1n) is 11.6. The maximum absolute atomic E-state index is 13.7. The van der Waals surface area contributed by atoms with Gasteiger partial charge >= 0.3 is 5.97 Å². The van der Waals surface area contributed by atoms with E-state index in [2.05, 4.69) is 10.2 Å². The summed E-state index contributed by atoms with van der Waals surface area (Å²) >= 11 is 6.04. The zero-order valence-electron chi connectivity index (χ0n) is 19.6. The molecule has 2 fully saturated rings. The first-order valence-corrected chi connectivity index (χ1v) is 12.0. The zero-order valence-corrected chi connectivity index (χ0v) is 20.4. The molecule has 1 aliphatic heterocycles. The van der Waals surface area contributed by atoms with Crippen molar-refractivity contribution in [3.05, 3.63) is 64.7 Å². The van der Waals surface area contributed by atoms with Crippen LogP contribution in [0.2, 0.25) is 5.02 Å². The number of rotatable bonds is 9. The third-order valence-corrected chi connectivity index (χ3v) is 7.16. The predicted octanol–water partition coefficient (Wildman–Crippen LogP) is 3.79. The molecule has 1 amide bonds. The number of ether oxygens (including phenoxy) is 3. The van der Waals surface area contributed by atoms with E-state index in [-0.39, 0.29) is 11.9 Å². The lowest BCUT2D eigenvalue weighted by atomic mass is 9.86. The van der Waals surface area contributed by atoms with Gasteiger partial charge in [0.1, 0.15) is 17.9 Å². The van der Waals surface area contributed by atoms with Gasteiger partial charge in [-0.1, -0.05) is 29.8 Å². The van der Waals surface area contributed by atoms with Crippen molar-refractivity contribution in [3.63, 3.8) is 0 Å². The second-order valence-electron chi connectivity index (χ2n) is 8.98. The normalized spacial score (nSPS) is 18.2. The average Bonchev–Trinajstić information content (AvgIpc) is 3.64. The van der Waals surface area contributed by atoms with Crippen LogP contribution < -0.4 is 10.1 Å². The summed E-state index contributed by atoms with van der Waals surface area (Å²) in [6.45, 7) is 2.09. The maximum Gasteiger partial charge on any atom is 0.337 e. The zero-order chi connectivity index (χ0) is 24.2. The number of halogens is 1. The number of hydrogen-bond donors (Lipinski definition) is 1. The van der Waals surface area contributed by atoms with Gasteiger partial charge < -0.3 is 19.5 Å². The van der Waals surface area contributed by atoms with Crippen LogP contribution in [0.3, 0.4) is 0 Å². The highest BCUT2D eigenvalue weighted by atomic mass is 35.5. The van der Waals surface area contributed by atoms with Crippen LogP contribution >= 0.6 is 11.6 Å². The Balaban J connectivity index is 1.44. The molecule has 182 valence electrons. The van der Waals surface area contributed by atoms with E-state index in [9.17, 15) is 9.59 Å². The molecule has 1 aliphatic carbocycles. The number of amides is 1. The van der Waals surface area contributed by atoms with Gasteiger partial charge in [-0.25, -0.2) is 4.79 Å². The predicted molar refractivity (Wildman–Crippen MR) is 129 cm³/mol. The van der Waals surface area contributed by atoms with Gasteiger partial charge in [0.05, 0.1) is 18.2 Å². The molecule has 34 heavy (non-hydrogen) atoms. The minimum Gasteiger partial charge on any atom is -0.492 e. The number of nitrogens with zero attached hydrogens (tertiary/aromatic N) is 1. The van der Waals surface area contributed by atoms with Crippen molar-refractivity contribution in [2.24, 2.45) is 0 Å². The Morgan fingerprint density at radius 2 is 1.79 bits per heavy atom. The second kappa shape index (κ2) is 10.3. The van der Waals surface area contributed by atoms with Crippen LogP contribution in [0.1, 0.15) is 41.6 Å². The molecule has 1 N–H and O–H groups in total. The fourth-order valence-corrected chi connectivity index (χ4v) is 4.73. The molecular formula is C26H31ClN2O5. The van der Waals surface area contributed by atoms with E-state index in [1.807, 2.05) is 31.3 Å². The second-order valence-corrected chi connectivity index (χ2v) is 9.41. The molecule has 0 aromatic heterocycles. The van der Waals surface area contributed by atoms with Crippen molar-refractivity contribution >= 4 is 23.5 Å². The molecule has 0 bridgehead atoms. The van der Waals surface area contributed by atoms with E-state index >= 15 is 0 Å². The fourth-order valence-electron chi connectivity index (χ4n) is 4.55. The summed E-state index contributed by atoms with van der Waals surface area (Å²) in [5.41, 5.74) is 0.434. The lowest BCUT2D eigenvalue weighted by molar-refractivity contribution is -0.140. The molecule has 0 spiro atoms. The summed E-state index contributed by atoms with van der Waals surface area (Å²) in [7, 11) is 3.33. The molecule has 2 aromatic carbocycles. The molecule has 8 heteroatoms. The van der Waals surface area contributed by atoms with E-state index in [4.69, 9.17) is 25.8 Å². The Morgan fingerprint density at radius 1 is 1.09 bits per heavy atom. The van der Waals surface area contributed by atoms with Gasteiger partial charge in [-0.15, -0.1) is 0 Å². The van der Waals surface area contributed by atoms with Crippen LogP contribution in [0.25, 0.3) is 0 Å². The van der Waals surface area contributed by atoms with E-state index in [0.717, 1.165) is 18.4 Å². The number of carbonyl (C=O) groups is 2. The van der Waals surface area contributed by atoms with Crippen molar-refractivity contribution < 1.29 is 23.8 Å². The van der Waals surface area contributed by atoms with Crippen LogP contribution in [-0.4, -0.2) is 62.8 Å². The molecule has 1 heterocycles. The van der Waals surface area contributed by atoms with Crippen molar-refractivity contribution in [1.82, 2.24) is 10.2 Å². The largest absolute Gasteiger partial charge is 0.492 e. The highest BCUT2D eigenvalue weighted by Crippen LogP contribution is 2.46. The van der Waals surface area contributed by atoms with Gasteiger partial charge in [0, 0.05) is 24.8 Å². The summed E-state index contributed by atoms with van der Waals surface area (Å²) in [5.74, 6) is 0.345. The molecule has 2 aromatic rings. The minimum atomic E-state index is -0.669. The third-order valence-electron chi connectivity index (χ3n) is 6.93. The number of likely N-dealkylation sites (N-methyl/N-ethyl adjacent to an activating group) is 1. The van der Waals surface area contributed by atoms with E-state index in [0.29, 0.717) is 55.5 Å². The van der Waals surface area contributed by atoms with Gasteiger partial charge in [-0.3, -0.25) is 9.69 Å². The molecule has 0 radical (unpaired) electrons. The molecule has 4 rings (SSSR count). The van der Waals surface area contributed by atoms with E-state index < -0.39 is 11.1 Å². The number of benzene rings is 2. The first-order chi connectivity index (χ1) is 16.4. The van der Waals surface area contributed by atoms with Crippen LogP contribution in [-0.2, 0) is 19.8 Å². The van der Waals surface area contributed by atoms with E-state index in [1.165, 1.54) is 7.11 Å². The number of nitrogens with one attached hydrogen (secondary N) is 1. The third kappa shape index (κ3) is 5.22. The monoisotopic (exact) mass is 486 g/mol. The van der Waals surface area contributed by atoms with Crippen molar-refractivity contribution in [2.75, 3.05) is 40.5 Å². The lowest BCUT2D eigenvalue weighted by Crippen LogP contribution is -2.62. The van der Waals surface area contributed by atoms with Crippen LogP contribution in [0.15, 0.2) is 48.5 Å². The standard InChI is InChI=1S/C26H31ClN2O5/c1-29(14-17-34-22-5-3-4-21(27)18-22)26(12-15-33-16-13-26)24(31)28-25(10-11-25)20-8-6-19(7-9-20)23(30)32-2/h3-9,18H,10-17H2,1-2H3,(H,28,31).